The van der Waals surface area contributed by atoms with Crippen molar-refractivity contribution < 1.29 is 14.0 Å². The quantitative estimate of drug-likeness (QED) is 0.919. The number of rotatable bonds is 3. The molecule has 0 aliphatic heterocycles. The minimum absolute atomic E-state index is 0.127. The van der Waals surface area contributed by atoms with Crippen molar-refractivity contribution in [2.45, 2.75) is 20.8 Å². The first-order valence-corrected chi connectivity index (χ1v) is 5.86. The standard InChI is InChI=1S/C13H15ClFNO2/c1-13(2,3)11(17)7-16-12(18)9-6-8(14)4-5-10(9)15/h4-6H,7H2,1-3H3,(H,16,18). The Morgan fingerprint density at radius 3 is 2.50 bits per heavy atom. The van der Waals surface area contributed by atoms with Gasteiger partial charge < -0.3 is 5.32 Å². The van der Waals surface area contributed by atoms with Crippen LogP contribution in [0.3, 0.4) is 0 Å². The zero-order chi connectivity index (χ0) is 13.9. The van der Waals surface area contributed by atoms with Gasteiger partial charge in [-0.15, -0.1) is 0 Å². The van der Waals surface area contributed by atoms with E-state index in [9.17, 15) is 14.0 Å². The van der Waals surface area contributed by atoms with Gasteiger partial charge in [-0.3, -0.25) is 9.59 Å². The number of benzene rings is 1. The fourth-order valence-corrected chi connectivity index (χ4v) is 1.36. The van der Waals surface area contributed by atoms with Crippen LogP contribution in [0.15, 0.2) is 18.2 Å². The van der Waals surface area contributed by atoms with Crippen LogP contribution in [0.2, 0.25) is 5.02 Å². The van der Waals surface area contributed by atoms with Crippen LogP contribution >= 0.6 is 11.6 Å². The fourth-order valence-electron chi connectivity index (χ4n) is 1.19. The van der Waals surface area contributed by atoms with Gasteiger partial charge in [0.1, 0.15) is 5.82 Å². The first-order chi connectivity index (χ1) is 8.21. The van der Waals surface area contributed by atoms with E-state index in [-0.39, 0.29) is 22.9 Å². The van der Waals surface area contributed by atoms with Crippen molar-refractivity contribution in [3.8, 4) is 0 Å². The van der Waals surface area contributed by atoms with E-state index in [1.165, 1.54) is 12.1 Å². The maximum absolute atomic E-state index is 13.4. The van der Waals surface area contributed by atoms with Gasteiger partial charge in [0.05, 0.1) is 12.1 Å². The predicted octanol–water partition coefficient (Wildman–Crippen LogP) is 2.82. The summed E-state index contributed by atoms with van der Waals surface area (Å²) < 4.78 is 13.4. The van der Waals surface area contributed by atoms with E-state index in [0.717, 1.165) is 6.07 Å². The van der Waals surface area contributed by atoms with Gasteiger partial charge in [-0.2, -0.15) is 0 Å². The lowest BCUT2D eigenvalue weighted by molar-refractivity contribution is -0.125. The van der Waals surface area contributed by atoms with Crippen molar-refractivity contribution in [1.82, 2.24) is 5.32 Å². The Balaban J connectivity index is 2.72. The van der Waals surface area contributed by atoms with Crippen molar-refractivity contribution in [3.05, 3.63) is 34.6 Å². The number of halogens is 2. The number of nitrogens with one attached hydrogen (secondary N) is 1. The third kappa shape index (κ3) is 3.81. The van der Waals surface area contributed by atoms with Gasteiger partial charge in [-0.05, 0) is 18.2 Å². The van der Waals surface area contributed by atoms with E-state index in [2.05, 4.69) is 5.32 Å². The third-order valence-corrected chi connectivity index (χ3v) is 2.65. The number of carbonyl (C=O) groups excluding carboxylic acids is 2. The maximum Gasteiger partial charge on any atom is 0.254 e. The highest BCUT2D eigenvalue weighted by molar-refractivity contribution is 6.31. The second kappa shape index (κ2) is 5.48. The van der Waals surface area contributed by atoms with Crippen molar-refractivity contribution in [2.75, 3.05) is 6.54 Å². The SMILES string of the molecule is CC(C)(C)C(=O)CNC(=O)c1cc(Cl)ccc1F. The predicted molar refractivity (Wildman–Crippen MR) is 68.2 cm³/mol. The summed E-state index contributed by atoms with van der Waals surface area (Å²) in [6.07, 6.45) is 0. The molecule has 1 aromatic rings. The minimum Gasteiger partial charge on any atom is -0.345 e. The summed E-state index contributed by atoms with van der Waals surface area (Å²) in [7, 11) is 0. The maximum atomic E-state index is 13.4. The summed E-state index contributed by atoms with van der Waals surface area (Å²) in [5.74, 6) is -1.44. The largest absolute Gasteiger partial charge is 0.345 e. The molecular weight excluding hydrogens is 257 g/mol. The Labute approximate surface area is 110 Å². The van der Waals surface area contributed by atoms with Crippen molar-refractivity contribution in [1.29, 1.82) is 0 Å². The van der Waals surface area contributed by atoms with Crippen LogP contribution in [-0.4, -0.2) is 18.2 Å². The van der Waals surface area contributed by atoms with Crippen molar-refractivity contribution in [2.24, 2.45) is 5.41 Å². The highest BCUT2D eigenvalue weighted by atomic mass is 35.5. The summed E-state index contributed by atoms with van der Waals surface area (Å²) in [6.45, 7) is 5.12. The van der Waals surface area contributed by atoms with Gasteiger partial charge in [-0.1, -0.05) is 32.4 Å². The zero-order valence-corrected chi connectivity index (χ0v) is 11.3. The monoisotopic (exact) mass is 271 g/mol. The van der Waals surface area contributed by atoms with E-state index in [1.807, 2.05) is 0 Å². The summed E-state index contributed by atoms with van der Waals surface area (Å²) in [5, 5.41) is 2.65. The molecule has 98 valence electrons. The highest BCUT2D eigenvalue weighted by Crippen LogP contribution is 2.16. The first-order valence-electron chi connectivity index (χ1n) is 5.48. The lowest BCUT2D eigenvalue weighted by Crippen LogP contribution is -2.35. The summed E-state index contributed by atoms with van der Waals surface area (Å²) in [5.41, 5.74) is -0.704. The van der Waals surface area contributed by atoms with Gasteiger partial charge in [-0.25, -0.2) is 4.39 Å². The molecule has 3 nitrogen and oxygen atoms in total. The van der Waals surface area contributed by atoms with E-state index in [4.69, 9.17) is 11.6 Å². The van der Waals surface area contributed by atoms with E-state index in [0.29, 0.717) is 0 Å². The number of hydrogen-bond donors (Lipinski definition) is 1. The number of carbonyl (C=O) groups is 2. The molecule has 0 bridgehead atoms. The fraction of sp³-hybridized carbons (Fsp3) is 0.385. The van der Waals surface area contributed by atoms with Crippen LogP contribution < -0.4 is 5.32 Å². The Kier molecular flexibility index (Phi) is 4.46. The molecule has 18 heavy (non-hydrogen) atoms. The van der Waals surface area contributed by atoms with Crippen LogP contribution in [0.5, 0.6) is 0 Å². The summed E-state index contributed by atoms with van der Waals surface area (Å²) in [6, 6.07) is 3.70. The summed E-state index contributed by atoms with van der Waals surface area (Å²) >= 11 is 5.68. The van der Waals surface area contributed by atoms with E-state index >= 15 is 0 Å². The molecule has 1 aromatic carbocycles. The van der Waals surface area contributed by atoms with Gasteiger partial charge >= 0.3 is 0 Å². The van der Waals surface area contributed by atoms with Crippen molar-refractivity contribution in [3.63, 3.8) is 0 Å². The van der Waals surface area contributed by atoms with Gasteiger partial charge in [0.2, 0.25) is 0 Å². The lowest BCUT2D eigenvalue weighted by atomic mass is 9.91. The lowest BCUT2D eigenvalue weighted by Gasteiger charge is -2.16. The van der Waals surface area contributed by atoms with Crippen LogP contribution in [0.25, 0.3) is 0 Å². The van der Waals surface area contributed by atoms with Crippen LogP contribution in [-0.2, 0) is 4.79 Å². The molecule has 0 aliphatic rings. The number of hydrogen-bond acceptors (Lipinski definition) is 2. The van der Waals surface area contributed by atoms with Gasteiger partial charge in [0.25, 0.3) is 5.91 Å². The average molecular weight is 272 g/mol. The molecule has 1 rings (SSSR count). The molecule has 0 heterocycles. The second-order valence-corrected chi connectivity index (χ2v) is 5.42. The molecule has 0 unspecified atom stereocenters. The van der Waals surface area contributed by atoms with E-state index < -0.39 is 17.1 Å². The van der Waals surface area contributed by atoms with Gasteiger partial charge in [0.15, 0.2) is 5.78 Å². The Morgan fingerprint density at radius 1 is 1.33 bits per heavy atom. The molecule has 0 saturated heterocycles. The van der Waals surface area contributed by atoms with Crippen LogP contribution in [0.1, 0.15) is 31.1 Å². The summed E-state index contributed by atoms with van der Waals surface area (Å²) in [4.78, 5) is 23.3. The molecule has 1 N–H and O–H groups in total. The van der Waals surface area contributed by atoms with Crippen molar-refractivity contribution >= 4 is 23.3 Å². The molecule has 0 atom stereocenters. The zero-order valence-electron chi connectivity index (χ0n) is 10.5. The minimum atomic E-state index is -0.667. The highest BCUT2D eigenvalue weighted by Gasteiger charge is 2.22. The topological polar surface area (TPSA) is 46.2 Å². The molecule has 1 amide bonds. The van der Waals surface area contributed by atoms with Crippen LogP contribution in [0, 0.1) is 11.2 Å². The Bertz CT molecular complexity index is 480. The third-order valence-electron chi connectivity index (χ3n) is 2.42. The Morgan fingerprint density at radius 2 is 1.94 bits per heavy atom. The Hall–Kier alpha value is -1.42. The average Bonchev–Trinajstić information content (AvgIpc) is 2.27. The molecule has 5 heteroatoms. The van der Waals surface area contributed by atoms with Gasteiger partial charge in [0, 0.05) is 10.4 Å². The molecule has 0 aliphatic carbocycles. The molecule has 0 saturated carbocycles. The second-order valence-electron chi connectivity index (χ2n) is 4.98. The van der Waals surface area contributed by atoms with Crippen LogP contribution in [0.4, 0.5) is 4.39 Å². The normalized spacial score (nSPS) is 11.2. The number of Topliss-reactive ketones (excluding diaryl/α,β-unsaturated/α-hetero) is 1. The number of ketones is 1. The molecule has 0 radical (unpaired) electrons. The molecule has 0 fully saturated rings. The molecular formula is C13H15ClFNO2. The smallest absolute Gasteiger partial charge is 0.254 e. The molecule has 0 spiro atoms. The molecule has 0 aromatic heterocycles. The van der Waals surface area contributed by atoms with E-state index in [1.54, 1.807) is 20.8 Å². The first kappa shape index (κ1) is 14.6. The number of amides is 1.